The molecule has 0 spiro atoms. The normalized spacial score (nSPS) is 12.1. The zero-order chi connectivity index (χ0) is 32.4. The van der Waals surface area contributed by atoms with Crippen LogP contribution < -0.4 is 4.90 Å². The van der Waals surface area contributed by atoms with Crippen LogP contribution in [0.1, 0.15) is 84.4 Å². The summed E-state index contributed by atoms with van der Waals surface area (Å²) in [5.74, 6) is -3.72. The Kier molecular flexibility index (Phi) is 8.54. The van der Waals surface area contributed by atoms with E-state index in [2.05, 4.69) is 0 Å². The fourth-order valence-electron chi connectivity index (χ4n) is 4.80. The Morgan fingerprint density at radius 1 is 0.533 bits per heavy atom. The molecule has 1 heterocycles. The van der Waals surface area contributed by atoms with Crippen molar-refractivity contribution in [3.63, 3.8) is 0 Å². The Morgan fingerprint density at radius 3 is 1.56 bits per heavy atom. The summed E-state index contributed by atoms with van der Waals surface area (Å²) in [6.07, 6.45) is 0. The number of ether oxygens (including phenoxy) is 2. The fraction of sp³-hybridized carbons (Fsp3) is 0.167. The van der Waals surface area contributed by atoms with Crippen LogP contribution in [0.2, 0.25) is 0 Å². The minimum atomic E-state index is -0.825. The summed E-state index contributed by atoms with van der Waals surface area (Å²) in [7, 11) is 0. The van der Waals surface area contributed by atoms with E-state index in [1.165, 1.54) is 42.5 Å². The van der Waals surface area contributed by atoms with E-state index < -0.39 is 37.0 Å². The fourth-order valence-corrected chi connectivity index (χ4v) is 4.80. The molecule has 9 heteroatoms. The van der Waals surface area contributed by atoms with Gasteiger partial charge in [0.15, 0.2) is 24.8 Å². The van der Waals surface area contributed by atoms with Crippen LogP contribution in [0.15, 0.2) is 78.9 Å². The van der Waals surface area contributed by atoms with Crippen LogP contribution in [0.4, 0.5) is 5.69 Å². The minimum absolute atomic E-state index is 0.00426. The number of fused-ring (bicyclic) bond motifs is 1. The maximum absolute atomic E-state index is 13.3. The van der Waals surface area contributed by atoms with Gasteiger partial charge in [-0.15, -0.1) is 0 Å². The first kappa shape index (κ1) is 30.7. The lowest BCUT2D eigenvalue weighted by molar-refractivity contribution is 0.0472. The largest absolute Gasteiger partial charge is 0.454 e. The van der Waals surface area contributed by atoms with Gasteiger partial charge in [0.05, 0.1) is 27.9 Å². The molecule has 9 nitrogen and oxygen atoms in total. The summed E-state index contributed by atoms with van der Waals surface area (Å²) in [6.45, 7) is 6.64. The summed E-state index contributed by atoms with van der Waals surface area (Å²) in [5.41, 5.74) is 4.95. The Morgan fingerprint density at radius 2 is 1.02 bits per heavy atom. The number of amides is 2. The molecule has 4 aromatic rings. The van der Waals surface area contributed by atoms with E-state index in [4.69, 9.17) is 9.47 Å². The molecule has 0 unspecified atom stereocenters. The number of rotatable bonds is 9. The highest BCUT2D eigenvalue weighted by Crippen LogP contribution is 2.30. The number of ketones is 2. The molecule has 0 bridgehead atoms. The summed E-state index contributed by atoms with van der Waals surface area (Å²) >= 11 is 0. The lowest BCUT2D eigenvalue weighted by Gasteiger charge is -2.15. The van der Waals surface area contributed by atoms with Crippen molar-refractivity contribution in [2.45, 2.75) is 27.7 Å². The average Bonchev–Trinajstić information content (AvgIpc) is 3.29. The zero-order valence-corrected chi connectivity index (χ0v) is 25.1. The summed E-state index contributed by atoms with van der Waals surface area (Å²) < 4.78 is 10.4. The van der Waals surface area contributed by atoms with E-state index in [0.29, 0.717) is 11.1 Å². The minimum Gasteiger partial charge on any atom is -0.454 e. The molecule has 0 aromatic heterocycles. The van der Waals surface area contributed by atoms with E-state index in [1.54, 1.807) is 24.3 Å². The number of Topliss-reactive ketones (excluding diaryl/α,β-unsaturated/α-hetero) is 2. The second-order valence-corrected chi connectivity index (χ2v) is 10.9. The van der Waals surface area contributed by atoms with Crippen molar-refractivity contribution < 1.29 is 38.2 Å². The Bertz CT molecular complexity index is 1920. The van der Waals surface area contributed by atoms with E-state index >= 15 is 0 Å². The molecule has 1 aliphatic rings. The molecule has 4 aromatic carbocycles. The molecule has 2 amide bonds. The van der Waals surface area contributed by atoms with E-state index in [-0.39, 0.29) is 39.5 Å². The van der Waals surface area contributed by atoms with Crippen molar-refractivity contribution in [2.24, 2.45) is 0 Å². The first-order chi connectivity index (χ1) is 21.4. The van der Waals surface area contributed by atoms with Gasteiger partial charge in [-0.3, -0.25) is 19.2 Å². The highest BCUT2D eigenvalue weighted by Gasteiger charge is 2.37. The van der Waals surface area contributed by atoms with Crippen molar-refractivity contribution in [3.05, 3.63) is 134 Å². The van der Waals surface area contributed by atoms with Crippen molar-refractivity contribution in [1.29, 1.82) is 0 Å². The van der Waals surface area contributed by atoms with Crippen molar-refractivity contribution in [3.8, 4) is 0 Å². The Hall–Kier alpha value is -5.70. The lowest BCUT2D eigenvalue weighted by Crippen LogP contribution is -2.29. The van der Waals surface area contributed by atoms with Crippen molar-refractivity contribution >= 4 is 41.0 Å². The highest BCUT2D eigenvalue weighted by molar-refractivity contribution is 6.34. The van der Waals surface area contributed by atoms with Gasteiger partial charge in [0.1, 0.15) is 0 Å². The lowest BCUT2D eigenvalue weighted by atomic mass is 10.0. The number of hydrogen-bond acceptors (Lipinski definition) is 8. The Labute approximate surface area is 259 Å². The van der Waals surface area contributed by atoms with Gasteiger partial charge in [0.2, 0.25) is 0 Å². The van der Waals surface area contributed by atoms with Crippen LogP contribution in [0.5, 0.6) is 0 Å². The number of anilines is 1. The smallest absolute Gasteiger partial charge is 0.338 e. The SMILES string of the molecule is Cc1ccc(C(=O)COC(=O)c2cccc(N3C(=O)c4ccc(C(=O)OCC(=O)c5ccc(C)c(C)c5)cc4C3=O)c2)cc1C. The number of esters is 2. The van der Waals surface area contributed by atoms with Gasteiger partial charge in [0.25, 0.3) is 11.8 Å². The number of aryl methyl sites for hydroxylation is 4. The average molecular weight is 604 g/mol. The first-order valence-electron chi connectivity index (χ1n) is 14.1. The molecule has 0 fully saturated rings. The van der Waals surface area contributed by atoms with Crippen LogP contribution in [-0.2, 0) is 9.47 Å². The first-order valence-corrected chi connectivity index (χ1v) is 14.1. The van der Waals surface area contributed by atoms with Crippen LogP contribution in [0.25, 0.3) is 0 Å². The molecule has 0 saturated carbocycles. The van der Waals surface area contributed by atoms with Gasteiger partial charge >= 0.3 is 11.9 Å². The zero-order valence-electron chi connectivity index (χ0n) is 25.1. The summed E-state index contributed by atoms with van der Waals surface area (Å²) in [6, 6.07) is 20.1. The summed E-state index contributed by atoms with van der Waals surface area (Å²) in [5, 5.41) is 0. The topological polar surface area (TPSA) is 124 Å². The van der Waals surface area contributed by atoms with Crippen LogP contribution >= 0.6 is 0 Å². The van der Waals surface area contributed by atoms with E-state index in [0.717, 1.165) is 27.2 Å². The van der Waals surface area contributed by atoms with E-state index in [9.17, 15) is 28.8 Å². The third-order valence-corrected chi connectivity index (χ3v) is 7.79. The molecule has 5 rings (SSSR count). The second-order valence-electron chi connectivity index (χ2n) is 10.9. The van der Waals surface area contributed by atoms with Gasteiger partial charge in [-0.25, -0.2) is 14.5 Å². The number of carbonyl (C=O) groups excluding carboxylic acids is 6. The highest BCUT2D eigenvalue weighted by atomic mass is 16.5. The van der Waals surface area contributed by atoms with E-state index in [1.807, 2.05) is 39.8 Å². The van der Waals surface area contributed by atoms with Gasteiger partial charge in [0, 0.05) is 11.1 Å². The van der Waals surface area contributed by atoms with Crippen LogP contribution in [0.3, 0.4) is 0 Å². The number of nitrogens with zero attached hydrogens (tertiary/aromatic N) is 1. The van der Waals surface area contributed by atoms with Gasteiger partial charge in [-0.2, -0.15) is 0 Å². The molecular weight excluding hydrogens is 574 g/mol. The van der Waals surface area contributed by atoms with Crippen molar-refractivity contribution in [1.82, 2.24) is 0 Å². The van der Waals surface area contributed by atoms with Gasteiger partial charge in [-0.1, -0.05) is 30.3 Å². The maximum Gasteiger partial charge on any atom is 0.338 e. The number of imide groups is 1. The molecule has 45 heavy (non-hydrogen) atoms. The molecule has 0 atom stereocenters. The summed E-state index contributed by atoms with van der Waals surface area (Å²) in [4.78, 5) is 78.0. The predicted molar refractivity (Wildman–Crippen MR) is 165 cm³/mol. The van der Waals surface area contributed by atoms with Gasteiger partial charge in [-0.05, 0) is 98.5 Å². The van der Waals surface area contributed by atoms with Crippen molar-refractivity contribution in [2.75, 3.05) is 18.1 Å². The number of carbonyl (C=O) groups is 6. The maximum atomic E-state index is 13.3. The Balaban J connectivity index is 1.25. The number of hydrogen-bond donors (Lipinski definition) is 0. The molecule has 0 N–H and O–H groups in total. The van der Waals surface area contributed by atoms with Crippen LogP contribution in [-0.4, -0.2) is 48.5 Å². The third kappa shape index (κ3) is 6.33. The molecule has 226 valence electrons. The monoisotopic (exact) mass is 603 g/mol. The third-order valence-electron chi connectivity index (χ3n) is 7.79. The molecular formula is C36H29NO8. The second kappa shape index (κ2) is 12.5. The molecule has 0 aliphatic carbocycles. The predicted octanol–water partition coefficient (Wildman–Crippen LogP) is 5.80. The number of benzene rings is 4. The molecule has 1 aliphatic heterocycles. The standard InChI is InChI=1S/C36H29NO8/c1-20-8-10-24(14-22(20)3)31(38)18-44-35(42)26-6-5-7-28(16-26)37-33(40)29-13-12-27(17-30(29)34(37)41)36(43)45-19-32(39)25-11-9-21(2)23(4)15-25/h5-17H,18-19H2,1-4H3. The van der Waals surface area contributed by atoms with Gasteiger partial charge < -0.3 is 9.47 Å². The molecule has 0 saturated heterocycles. The van der Waals surface area contributed by atoms with Crippen LogP contribution in [0, 0.1) is 27.7 Å². The molecule has 0 radical (unpaired) electrons. The quantitative estimate of drug-likeness (QED) is 0.134.